The molecule has 0 radical (unpaired) electrons. The number of morpholine rings is 1. The maximum atomic E-state index is 12.8. The minimum absolute atomic E-state index is 0.0267. The van der Waals surface area contributed by atoms with Crippen molar-refractivity contribution < 1.29 is 14.3 Å². The van der Waals surface area contributed by atoms with E-state index in [9.17, 15) is 9.59 Å². The van der Waals surface area contributed by atoms with Gasteiger partial charge in [0, 0.05) is 13.1 Å². The number of hydrogen-bond donors (Lipinski definition) is 1. The van der Waals surface area contributed by atoms with Gasteiger partial charge in [-0.25, -0.2) is 9.69 Å². The average Bonchev–Trinajstić information content (AvgIpc) is 2.69. The van der Waals surface area contributed by atoms with E-state index in [1.165, 1.54) is 4.90 Å². The Hall–Kier alpha value is -1.14. The molecule has 2 aliphatic heterocycles. The van der Waals surface area contributed by atoms with Crippen LogP contribution in [-0.4, -0.2) is 60.2 Å². The molecule has 2 atom stereocenters. The molecular formula is C14H23N3O3. The summed E-state index contributed by atoms with van der Waals surface area (Å²) in [6, 6.07) is -0.227. The highest BCUT2D eigenvalue weighted by Gasteiger charge is 2.54. The molecule has 0 unspecified atom stereocenters. The fraction of sp³-hybridized carbons (Fsp3) is 0.857. The standard InChI is InChI=1S/C14H23N3O3/c1-11-4-2-3-5-14(11)12(18)17(13(19)15-14)10-16-6-8-20-9-7-16/h11H,2-10H2,1H3,(H,15,19)/t11-,14+/m1/s1. The number of rotatable bonds is 2. The number of carbonyl (C=O) groups excluding carboxylic acids is 2. The molecule has 0 aromatic rings. The number of imide groups is 1. The second kappa shape index (κ2) is 5.33. The van der Waals surface area contributed by atoms with E-state index in [0.29, 0.717) is 19.9 Å². The zero-order chi connectivity index (χ0) is 14.2. The van der Waals surface area contributed by atoms with Crippen molar-refractivity contribution in [2.45, 2.75) is 38.1 Å². The molecule has 20 heavy (non-hydrogen) atoms. The van der Waals surface area contributed by atoms with Crippen LogP contribution in [0, 0.1) is 5.92 Å². The summed E-state index contributed by atoms with van der Waals surface area (Å²) >= 11 is 0. The highest BCUT2D eigenvalue weighted by Crippen LogP contribution is 2.38. The summed E-state index contributed by atoms with van der Waals surface area (Å²) in [6.45, 7) is 5.37. The molecule has 6 nitrogen and oxygen atoms in total. The molecule has 112 valence electrons. The number of amides is 3. The van der Waals surface area contributed by atoms with E-state index in [1.807, 2.05) is 0 Å². The maximum absolute atomic E-state index is 12.8. The lowest BCUT2D eigenvalue weighted by atomic mass is 9.73. The third kappa shape index (κ3) is 2.20. The smallest absolute Gasteiger partial charge is 0.326 e. The van der Waals surface area contributed by atoms with E-state index in [-0.39, 0.29) is 17.9 Å². The second-order valence-electron chi connectivity index (χ2n) is 6.15. The summed E-state index contributed by atoms with van der Waals surface area (Å²) in [4.78, 5) is 28.5. The average molecular weight is 281 g/mol. The zero-order valence-corrected chi connectivity index (χ0v) is 12.1. The highest BCUT2D eigenvalue weighted by atomic mass is 16.5. The van der Waals surface area contributed by atoms with E-state index >= 15 is 0 Å². The van der Waals surface area contributed by atoms with Crippen molar-refractivity contribution in [3.63, 3.8) is 0 Å². The van der Waals surface area contributed by atoms with Crippen molar-refractivity contribution in [3.05, 3.63) is 0 Å². The fourth-order valence-electron chi connectivity index (χ4n) is 3.57. The molecule has 3 rings (SSSR count). The molecule has 3 fully saturated rings. The third-order valence-electron chi connectivity index (χ3n) is 4.95. The van der Waals surface area contributed by atoms with Gasteiger partial charge >= 0.3 is 6.03 Å². The lowest BCUT2D eigenvalue weighted by Gasteiger charge is -2.37. The number of ether oxygens (including phenoxy) is 1. The van der Waals surface area contributed by atoms with Gasteiger partial charge in [0.2, 0.25) is 0 Å². The van der Waals surface area contributed by atoms with Crippen LogP contribution in [0.3, 0.4) is 0 Å². The number of urea groups is 1. The number of nitrogens with zero attached hydrogens (tertiary/aromatic N) is 2. The Morgan fingerprint density at radius 3 is 2.75 bits per heavy atom. The van der Waals surface area contributed by atoms with E-state index in [4.69, 9.17) is 4.74 Å². The first kappa shape index (κ1) is 13.8. The van der Waals surface area contributed by atoms with Crippen LogP contribution >= 0.6 is 0 Å². The van der Waals surface area contributed by atoms with Gasteiger partial charge in [0.1, 0.15) is 5.54 Å². The number of nitrogens with one attached hydrogen (secondary N) is 1. The molecule has 0 aromatic heterocycles. The summed E-state index contributed by atoms with van der Waals surface area (Å²) in [5, 5.41) is 2.99. The quantitative estimate of drug-likeness (QED) is 0.760. The zero-order valence-electron chi connectivity index (χ0n) is 12.1. The molecule has 2 saturated heterocycles. The first-order valence-corrected chi connectivity index (χ1v) is 7.58. The van der Waals surface area contributed by atoms with Crippen LogP contribution in [0.5, 0.6) is 0 Å². The Morgan fingerprint density at radius 2 is 2.05 bits per heavy atom. The topological polar surface area (TPSA) is 61.9 Å². The third-order valence-corrected chi connectivity index (χ3v) is 4.95. The molecule has 1 N–H and O–H groups in total. The SMILES string of the molecule is C[C@@H]1CCCC[C@]12NC(=O)N(CN1CCOCC1)C2=O. The molecule has 3 aliphatic rings. The van der Waals surface area contributed by atoms with Crippen LogP contribution in [0.4, 0.5) is 4.79 Å². The lowest BCUT2D eigenvalue weighted by Crippen LogP contribution is -2.54. The molecule has 1 spiro atoms. The van der Waals surface area contributed by atoms with Gasteiger partial charge in [-0.15, -0.1) is 0 Å². The van der Waals surface area contributed by atoms with Crippen LogP contribution in [0.25, 0.3) is 0 Å². The second-order valence-corrected chi connectivity index (χ2v) is 6.15. The van der Waals surface area contributed by atoms with Crippen molar-refractivity contribution in [1.29, 1.82) is 0 Å². The molecule has 1 saturated carbocycles. The molecule has 1 aliphatic carbocycles. The summed E-state index contributed by atoms with van der Waals surface area (Å²) in [7, 11) is 0. The van der Waals surface area contributed by atoms with Crippen molar-refractivity contribution >= 4 is 11.9 Å². The summed E-state index contributed by atoms with van der Waals surface area (Å²) in [5.41, 5.74) is -0.637. The predicted molar refractivity (Wildman–Crippen MR) is 73.0 cm³/mol. The van der Waals surface area contributed by atoms with Crippen molar-refractivity contribution in [3.8, 4) is 0 Å². The first-order chi connectivity index (χ1) is 9.63. The summed E-state index contributed by atoms with van der Waals surface area (Å²) < 4.78 is 5.30. The fourth-order valence-corrected chi connectivity index (χ4v) is 3.57. The molecule has 3 amide bonds. The van der Waals surface area contributed by atoms with Gasteiger partial charge in [0.05, 0.1) is 19.9 Å². The van der Waals surface area contributed by atoms with Crippen LogP contribution in [0.2, 0.25) is 0 Å². The van der Waals surface area contributed by atoms with Gasteiger partial charge in [0.25, 0.3) is 5.91 Å². The number of hydrogen-bond acceptors (Lipinski definition) is 4. The Bertz CT molecular complexity index is 408. The van der Waals surface area contributed by atoms with Gasteiger partial charge in [-0.1, -0.05) is 19.8 Å². The van der Waals surface area contributed by atoms with E-state index in [1.54, 1.807) is 0 Å². The van der Waals surface area contributed by atoms with E-state index in [2.05, 4.69) is 17.1 Å². The number of carbonyl (C=O) groups is 2. The van der Waals surface area contributed by atoms with Crippen molar-refractivity contribution in [1.82, 2.24) is 15.1 Å². The van der Waals surface area contributed by atoms with Crippen molar-refractivity contribution in [2.24, 2.45) is 5.92 Å². The molecule has 2 heterocycles. The van der Waals surface area contributed by atoms with Crippen LogP contribution in [0.1, 0.15) is 32.6 Å². The minimum atomic E-state index is -0.637. The van der Waals surface area contributed by atoms with Gasteiger partial charge in [-0.05, 0) is 18.8 Å². The Balaban J connectivity index is 1.72. The monoisotopic (exact) mass is 281 g/mol. The van der Waals surface area contributed by atoms with Crippen LogP contribution in [-0.2, 0) is 9.53 Å². The largest absolute Gasteiger partial charge is 0.379 e. The van der Waals surface area contributed by atoms with Crippen molar-refractivity contribution in [2.75, 3.05) is 33.0 Å². The van der Waals surface area contributed by atoms with Crippen LogP contribution < -0.4 is 5.32 Å². The van der Waals surface area contributed by atoms with Gasteiger partial charge < -0.3 is 10.1 Å². The normalized spacial score (nSPS) is 35.6. The summed E-state index contributed by atoms with van der Waals surface area (Å²) in [6.07, 6.45) is 3.95. The van der Waals surface area contributed by atoms with Gasteiger partial charge in [-0.3, -0.25) is 9.69 Å². The summed E-state index contributed by atoms with van der Waals surface area (Å²) in [5.74, 6) is 0.198. The Morgan fingerprint density at radius 1 is 1.30 bits per heavy atom. The minimum Gasteiger partial charge on any atom is -0.379 e. The lowest BCUT2D eigenvalue weighted by molar-refractivity contribution is -0.136. The van der Waals surface area contributed by atoms with Crippen LogP contribution in [0.15, 0.2) is 0 Å². The Labute approximate surface area is 119 Å². The molecule has 6 heteroatoms. The van der Waals surface area contributed by atoms with Gasteiger partial charge in [0.15, 0.2) is 0 Å². The first-order valence-electron chi connectivity index (χ1n) is 7.58. The Kier molecular flexibility index (Phi) is 3.69. The highest BCUT2D eigenvalue weighted by molar-refractivity contribution is 6.07. The molecular weight excluding hydrogens is 258 g/mol. The van der Waals surface area contributed by atoms with E-state index in [0.717, 1.165) is 38.8 Å². The maximum Gasteiger partial charge on any atom is 0.326 e. The molecule has 0 aromatic carbocycles. The molecule has 0 bridgehead atoms. The predicted octanol–water partition coefficient (Wildman–Crippen LogP) is 0.777. The van der Waals surface area contributed by atoms with E-state index < -0.39 is 5.54 Å². The van der Waals surface area contributed by atoms with Gasteiger partial charge in [-0.2, -0.15) is 0 Å².